The van der Waals surface area contributed by atoms with Crippen LogP contribution in [-0.4, -0.2) is 37.2 Å². The average molecular weight is 1090 g/mol. The quantitative estimate of drug-likeness (QED) is 0.0261. The normalized spacial score (nSPS) is 12.5. The first-order chi connectivity index (χ1) is 38.5. The van der Waals surface area contributed by atoms with Gasteiger partial charge in [-0.25, -0.2) is 0 Å². The lowest BCUT2D eigenvalue weighted by Crippen LogP contribution is -2.30. The zero-order valence-electron chi connectivity index (χ0n) is 51.9. The molecule has 0 aromatic heterocycles. The van der Waals surface area contributed by atoms with Gasteiger partial charge in [-0.1, -0.05) is 293 Å². The minimum Gasteiger partial charge on any atom is -0.462 e. The maximum atomic E-state index is 12.9. The van der Waals surface area contributed by atoms with Gasteiger partial charge in [0.15, 0.2) is 6.10 Å². The van der Waals surface area contributed by atoms with E-state index in [0.717, 1.165) is 96.3 Å². The van der Waals surface area contributed by atoms with Gasteiger partial charge in [0.1, 0.15) is 13.2 Å². The van der Waals surface area contributed by atoms with Crippen LogP contribution in [0.5, 0.6) is 0 Å². The number of hydrogen-bond donors (Lipinski definition) is 0. The van der Waals surface area contributed by atoms with Crippen molar-refractivity contribution in [3.8, 4) is 0 Å². The van der Waals surface area contributed by atoms with Crippen LogP contribution < -0.4 is 0 Å². The second-order valence-electron chi connectivity index (χ2n) is 22.7. The van der Waals surface area contributed by atoms with Crippen LogP contribution >= 0.6 is 0 Å². The van der Waals surface area contributed by atoms with E-state index in [2.05, 4.69) is 93.7 Å². The molecular weight excluding hydrogens is 961 g/mol. The molecule has 0 aliphatic carbocycles. The Bertz CT molecular complexity index is 1440. The first-order valence-corrected chi connectivity index (χ1v) is 33.9. The van der Waals surface area contributed by atoms with E-state index < -0.39 is 6.10 Å². The Morgan fingerprint density at radius 2 is 0.500 bits per heavy atom. The van der Waals surface area contributed by atoms with Gasteiger partial charge < -0.3 is 14.2 Å². The van der Waals surface area contributed by atoms with Crippen molar-refractivity contribution in [2.24, 2.45) is 0 Å². The molecule has 0 aliphatic heterocycles. The molecule has 0 aromatic rings. The van der Waals surface area contributed by atoms with Gasteiger partial charge in [-0.3, -0.25) is 14.4 Å². The van der Waals surface area contributed by atoms with Crippen molar-refractivity contribution in [3.05, 3.63) is 72.9 Å². The predicted molar refractivity (Wildman–Crippen MR) is 339 cm³/mol. The third-order valence-electron chi connectivity index (χ3n) is 14.9. The SMILES string of the molecule is CC/C=C\C/C=C\C/C=C\CCCCCCCCCC(=O)OCC(COC(=O)CCCCCCCCCCCCCCC/C=C\CCCCCCCCCC)OC(=O)CCCCCCCCC/C=C\C/C=C\CCCCCC. The minimum atomic E-state index is -0.785. The third kappa shape index (κ3) is 63.7. The summed E-state index contributed by atoms with van der Waals surface area (Å²) in [4.78, 5) is 38.4. The van der Waals surface area contributed by atoms with Gasteiger partial charge in [-0.2, -0.15) is 0 Å². The Kier molecular flexibility index (Phi) is 63.7. The smallest absolute Gasteiger partial charge is 0.306 e. The second kappa shape index (κ2) is 66.4. The summed E-state index contributed by atoms with van der Waals surface area (Å²) < 4.78 is 17.0. The molecule has 0 aromatic carbocycles. The van der Waals surface area contributed by atoms with Crippen molar-refractivity contribution >= 4 is 17.9 Å². The molecule has 1 unspecified atom stereocenters. The molecule has 452 valence electrons. The van der Waals surface area contributed by atoms with E-state index in [-0.39, 0.29) is 31.1 Å². The van der Waals surface area contributed by atoms with Crippen LogP contribution in [0.2, 0.25) is 0 Å². The monoisotopic (exact) mass is 1090 g/mol. The zero-order chi connectivity index (χ0) is 56.4. The largest absolute Gasteiger partial charge is 0.462 e. The molecule has 0 N–H and O–H groups in total. The van der Waals surface area contributed by atoms with Crippen LogP contribution in [0.3, 0.4) is 0 Å². The van der Waals surface area contributed by atoms with Crippen LogP contribution in [-0.2, 0) is 28.6 Å². The highest BCUT2D eigenvalue weighted by atomic mass is 16.6. The second-order valence-corrected chi connectivity index (χ2v) is 22.7. The molecule has 78 heavy (non-hydrogen) atoms. The van der Waals surface area contributed by atoms with E-state index in [4.69, 9.17) is 14.2 Å². The standard InChI is InChI=1S/C72H128O6/c1-4-7-10-13-16-19-22-25-28-31-33-34-35-36-37-38-39-42-44-47-50-53-56-59-62-65-71(74)77-68-69(67-76-70(73)64-61-58-55-52-49-46-43-40-30-27-24-21-18-15-12-9-6-3)78-72(75)66-63-60-57-54-51-48-45-41-32-29-26-23-20-17-14-11-8-5-2/h9,12,18,20-21,23,27,29-33,69H,4-8,10-11,13-17,19,22,24-26,28,34-68H2,1-3H3/b12-9-,21-18-,23-20-,30-27-,32-29-,33-31-. The van der Waals surface area contributed by atoms with Crippen molar-refractivity contribution in [2.45, 2.75) is 354 Å². The molecule has 0 amide bonds. The van der Waals surface area contributed by atoms with Crippen LogP contribution in [0, 0.1) is 0 Å². The topological polar surface area (TPSA) is 78.9 Å². The van der Waals surface area contributed by atoms with E-state index in [9.17, 15) is 14.4 Å². The molecular formula is C72H128O6. The molecule has 0 fully saturated rings. The molecule has 0 radical (unpaired) electrons. The zero-order valence-corrected chi connectivity index (χ0v) is 51.9. The highest BCUT2D eigenvalue weighted by molar-refractivity contribution is 5.71. The minimum absolute atomic E-state index is 0.0799. The number of ether oxygens (including phenoxy) is 3. The average Bonchev–Trinajstić information content (AvgIpc) is 3.44. The summed E-state index contributed by atoms with van der Waals surface area (Å²) in [5.41, 5.74) is 0. The molecule has 6 heteroatoms. The fourth-order valence-electron chi connectivity index (χ4n) is 9.84. The van der Waals surface area contributed by atoms with Crippen LogP contribution in [0.25, 0.3) is 0 Å². The summed E-state index contributed by atoms with van der Waals surface area (Å²) in [7, 11) is 0. The number of unbranched alkanes of at least 4 members (excludes halogenated alkanes) is 39. The van der Waals surface area contributed by atoms with Crippen LogP contribution in [0.15, 0.2) is 72.9 Å². The maximum Gasteiger partial charge on any atom is 0.306 e. The van der Waals surface area contributed by atoms with Crippen molar-refractivity contribution in [2.75, 3.05) is 13.2 Å². The van der Waals surface area contributed by atoms with Gasteiger partial charge in [0.05, 0.1) is 0 Å². The summed E-state index contributed by atoms with van der Waals surface area (Å²) in [5.74, 6) is -0.880. The molecule has 0 bridgehead atoms. The van der Waals surface area contributed by atoms with Gasteiger partial charge in [0, 0.05) is 19.3 Å². The lowest BCUT2D eigenvalue weighted by atomic mass is 10.0. The number of allylic oxidation sites excluding steroid dienone is 12. The summed E-state index contributed by atoms with van der Waals surface area (Å²) in [6.07, 6.45) is 86.3. The molecule has 0 rings (SSSR count). The molecule has 0 aliphatic rings. The van der Waals surface area contributed by atoms with Gasteiger partial charge in [-0.15, -0.1) is 0 Å². The molecule has 0 spiro atoms. The number of carbonyl (C=O) groups is 3. The number of hydrogen-bond acceptors (Lipinski definition) is 6. The maximum absolute atomic E-state index is 12.9. The Morgan fingerprint density at radius 1 is 0.269 bits per heavy atom. The van der Waals surface area contributed by atoms with Crippen molar-refractivity contribution in [1.82, 2.24) is 0 Å². The van der Waals surface area contributed by atoms with Gasteiger partial charge >= 0.3 is 17.9 Å². The molecule has 6 nitrogen and oxygen atoms in total. The van der Waals surface area contributed by atoms with Crippen LogP contribution in [0.1, 0.15) is 348 Å². The Balaban J connectivity index is 4.33. The Hall–Kier alpha value is -3.15. The van der Waals surface area contributed by atoms with Gasteiger partial charge in [0.25, 0.3) is 0 Å². The summed E-state index contributed by atoms with van der Waals surface area (Å²) in [5, 5.41) is 0. The highest BCUT2D eigenvalue weighted by Crippen LogP contribution is 2.17. The lowest BCUT2D eigenvalue weighted by Gasteiger charge is -2.18. The summed E-state index contributed by atoms with van der Waals surface area (Å²) in [6, 6.07) is 0. The summed E-state index contributed by atoms with van der Waals surface area (Å²) in [6.45, 7) is 6.55. The van der Waals surface area contributed by atoms with Gasteiger partial charge in [0.2, 0.25) is 0 Å². The molecule has 0 saturated carbocycles. The van der Waals surface area contributed by atoms with Gasteiger partial charge in [-0.05, 0) is 109 Å². The Morgan fingerprint density at radius 3 is 0.808 bits per heavy atom. The van der Waals surface area contributed by atoms with E-state index in [0.29, 0.717) is 19.3 Å². The van der Waals surface area contributed by atoms with E-state index in [1.165, 1.54) is 212 Å². The van der Waals surface area contributed by atoms with Crippen molar-refractivity contribution < 1.29 is 28.6 Å². The van der Waals surface area contributed by atoms with E-state index >= 15 is 0 Å². The summed E-state index contributed by atoms with van der Waals surface area (Å²) >= 11 is 0. The number of rotatable bonds is 62. The number of esters is 3. The van der Waals surface area contributed by atoms with Crippen molar-refractivity contribution in [3.63, 3.8) is 0 Å². The predicted octanol–water partition coefficient (Wildman–Crippen LogP) is 23.3. The van der Waals surface area contributed by atoms with E-state index in [1.807, 2.05) is 0 Å². The fraction of sp³-hybridized carbons (Fsp3) is 0.792. The number of carbonyl (C=O) groups excluding carboxylic acids is 3. The molecule has 1 atom stereocenters. The molecule has 0 heterocycles. The Labute approximate surface area is 484 Å². The first-order valence-electron chi connectivity index (χ1n) is 33.9. The third-order valence-corrected chi connectivity index (χ3v) is 14.9. The lowest BCUT2D eigenvalue weighted by molar-refractivity contribution is -0.167. The first kappa shape index (κ1) is 74.8. The van der Waals surface area contributed by atoms with Crippen molar-refractivity contribution in [1.29, 1.82) is 0 Å². The highest BCUT2D eigenvalue weighted by Gasteiger charge is 2.19. The molecule has 0 saturated heterocycles. The van der Waals surface area contributed by atoms with Crippen LogP contribution in [0.4, 0.5) is 0 Å². The fourth-order valence-corrected chi connectivity index (χ4v) is 9.84. The van der Waals surface area contributed by atoms with E-state index in [1.54, 1.807) is 0 Å².